The molecule has 2 aliphatic heterocycles. The van der Waals surface area contributed by atoms with Crippen molar-refractivity contribution in [2.24, 2.45) is 5.92 Å². The van der Waals surface area contributed by atoms with Gasteiger partial charge in [0.2, 0.25) is 11.8 Å². The maximum Gasteiger partial charge on any atom is 0.321 e. The average Bonchev–Trinajstić information content (AvgIpc) is 3.21. The number of aryl methyl sites for hydroxylation is 1. The second kappa shape index (κ2) is 9.20. The molecule has 2 saturated heterocycles. The lowest BCUT2D eigenvalue weighted by Gasteiger charge is -2.35. The summed E-state index contributed by atoms with van der Waals surface area (Å²) in [7, 11) is 0. The molecule has 162 valence electrons. The first-order chi connectivity index (χ1) is 15.0. The number of nitrogens with one attached hydrogen (secondary N) is 1. The fourth-order valence-corrected chi connectivity index (χ4v) is 4.15. The van der Waals surface area contributed by atoms with Crippen molar-refractivity contribution in [2.75, 3.05) is 42.9 Å². The van der Waals surface area contributed by atoms with Gasteiger partial charge in [0.1, 0.15) is 0 Å². The Hall–Kier alpha value is -3.35. The van der Waals surface area contributed by atoms with E-state index < -0.39 is 0 Å². The standard InChI is InChI=1S/C24H28N4O3/c1-2-18-8-10-21(11-9-18)28-17-19(16-22(28)29)23(30)26-12-14-27(15-13-26)24(31)25-20-6-4-3-5-7-20/h3-11,19H,2,12-17H2,1H3,(H,25,31)/t19-/m1/s1. The van der Waals surface area contributed by atoms with Crippen LogP contribution in [-0.2, 0) is 16.0 Å². The van der Waals surface area contributed by atoms with E-state index in [9.17, 15) is 14.4 Å². The van der Waals surface area contributed by atoms with E-state index in [0.29, 0.717) is 32.7 Å². The van der Waals surface area contributed by atoms with Crippen LogP contribution in [0.15, 0.2) is 54.6 Å². The third kappa shape index (κ3) is 4.71. The SMILES string of the molecule is CCc1ccc(N2C[C@H](C(=O)N3CCN(C(=O)Nc4ccccc4)CC3)CC2=O)cc1. The summed E-state index contributed by atoms with van der Waals surface area (Å²) in [6.07, 6.45) is 1.19. The molecule has 0 saturated carbocycles. The summed E-state index contributed by atoms with van der Waals surface area (Å²) in [5.41, 5.74) is 2.82. The fourth-order valence-electron chi connectivity index (χ4n) is 4.15. The number of hydrogen-bond acceptors (Lipinski definition) is 3. The largest absolute Gasteiger partial charge is 0.339 e. The Morgan fingerprint density at radius 3 is 2.23 bits per heavy atom. The van der Waals surface area contributed by atoms with Gasteiger partial charge in [-0.2, -0.15) is 0 Å². The molecule has 0 spiro atoms. The van der Waals surface area contributed by atoms with Gasteiger partial charge in [-0.15, -0.1) is 0 Å². The van der Waals surface area contributed by atoms with Crippen LogP contribution in [0, 0.1) is 5.92 Å². The highest BCUT2D eigenvalue weighted by molar-refractivity contribution is 6.00. The lowest BCUT2D eigenvalue weighted by Crippen LogP contribution is -2.53. The van der Waals surface area contributed by atoms with Crippen LogP contribution < -0.4 is 10.2 Å². The highest BCUT2D eigenvalue weighted by Crippen LogP contribution is 2.27. The van der Waals surface area contributed by atoms with E-state index in [1.165, 1.54) is 5.56 Å². The van der Waals surface area contributed by atoms with Crippen LogP contribution in [0.5, 0.6) is 0 Å². The Morgan fingerprint density at radius 2 is 1.58 bits per heavy atom. The van der Waals surface area contributed by atoms with E-state index in [1.54, 1.807) is 14.7 Å². The van der Waals surface area contributed by atoms with Crippen molar-refractivity contribution in [3.05, 3.63) is 60.2 Å². The van der Waals surface area contributed by atoms with Gasteiger partial charge in [-0.05, 0) is 36.2 Å². The summed E-state index contributed by atoms with van der Waals surface area (Å²) >= 11 is 0. The van der Waals surface area contributed by atoms with Crippen LogP contribution >= 0.6 is 0 Å². The molecule has 2 heterocycles. The highest BCUT2D eigenvalue weighted by Gasteiger charge is 2.38. The number of nitrogens with zero attached hydrogens (tertiary/aromatic N) is 3. The number of hydrogen-bond donors (Lipinski definition) is 1. The monoisotopic (exact) mass is 420 g/mol. The second-order valence-electron chi connectivity index (χ2n) is 8.03. The number of carbonyl (C=O) groups is 3. The summed E-state index contributed by atoms with van der Waals surface area (Å²) in [5, 5.41) is 2.88. The summed E-state index contributed by atoms with van der Waals surface area (Å²) in [6.45, 7) is 4.43. The molecule has 7 nitrogen and oxygen atoms in total. The zero-order valence-electron chi connectivity index (χ0n) is 17.8. The smallest absolute Gasteiger partial charge is 0.321 e. The average molecular weight is 421 g/mol. The molecule has 31 heavy (non-hydrogen) atoms. The lowest BCUT2D eigenvalue weighted by atomic mass is 10.1. The molecule has 4 rings (SSSR count). The van der Waals surface area contributed by atoms with Gasteiger partial charge in [0.05, 0.1) is 5.92 Å². The van der Waals surface area contributed by atoms with Crippen molar-refractivity contribution >= 4 is 29.2 Å². The molecule has 2 aromatic carbocycles. The summed E-state index contributed by atoms with van der Waals surface area (Å²) in [6, 6.07) is 17.1. The zero-order chi connectivity index (χ0) is 21.8. The Kier molecular flexibility index (Phi) is 6.21. The van der Waals surface area contributed by atoms with Gasteiger partial charge < -0.3 is 20.0 Å². The Bertz CT molecular complexity index is 937. The number of urea groups is 1. The van der Waals surface area contributed by atoms with Gasteiger partial charge in [-0.3, -0.25) is 9.59 Å². The molecule has 0 aliphatic carbocycles. The normalized spacial score (nSPS) is 18.9. The first-order valence-electron chi connectivity index (χ1n) is 10.8. The van der Waals surface area contributed by atoms with Gasteiger partial charge in [0.15, 0.2) is 0 Å². The maximum atomic E-state index is 13.0. The lowest BCUT2D eigenvalue weighted by molar-refractivity contribution is -0.137. The van der Waals surface area contributed by atoms with Crippen LogP contribution in [-0.4, -0.2) is 60.4 Å². The molecule has 2 aromatic rings. The molecule has 0 radical (unpaired) electrons. The number of carbonyl (C=O) groups excluding carboxylic acids is 3. The van der Waals surface area contributed by atoms with Crippen LogP contribution in [0.4, 0.5) is 16.2 Å². The minimum atomic E-state index is -0.331. The van der Waals surface area contributed by atoms with E-state index in [1.807, 2.05) is 54.6 Å². The van der Waals surface area contributed by atoms with Crippen molar-refractivity contribution in [1.29, 1.82) is 0 Å². The van der Waals surface area contributed by atoms with Crippen LogP contribution in [0.2, 0.25) is 0 Å². The maximum absolute atomic E-state index is 13.0. The van der Waals surface area contributed by atoms with Gasteiger partial charge >= 0.3 is 6.03 Å². The van der Waals surface area contributed by atoms with Gasteiger partial charge in [-0.1, -0.05) is 37.3 Å². The first kappa shape index (κ1) is 20.9. The van der Waals surface area contributed by atoms with Crippen molar-refractivity contribution < 1.29 is 14.4 Å². The Balaban J connectivity index is 1.30. The molecular formula is C24H28N4O3. The second-order valence-corrected chi connectivity index (χ2v) is 8.03. The number of anilines is 2. The molecule has 4 amide bonds. The summed E-state index contributed by atoms with van der Waals surface area (Å²) < 4.78 is 0. The van der Waals surface area contributed by atoms with E-state index >= 15 is 0 Å². The minimum absolute atomic E-state index is 0.00384. The minimum Gasteiger partial charge on any atom is -0.339 e. The third-order valence-electron chi connectivity index (χ3n) is 6.03. The Morgan fingerprint density at radius 1 is 0.935 bits per heavy atom. The summed E-state index contributed by atoms with van der Waals surface area (Å²) in [4.78, 5) is 43.2. The van der Waals surface area contributed by atoms with Crippen molar-refractivity contribution in [2.45, 2.75) is 19.8 Å². The molecule has 0 unspecified atom stereocenters. The third-order valence-corrected chi connectivity index (χ3v) is 6.03. The molecule has 2 aliphatic rings. The molecular weight excluding hydrogens is 392 g/mol. The zero-order valence-corrected chi connectivity index (χ0v) is 17.8. The van der Waals surface area contributed by atoms with Crippen molar-refractivity contribution in [3.8, 4) is 0 Å². The predicted octanol–water partition coefficient (Wildman–Crippen LogP) is 2.98. The molecule has 0 bridgehead atoms. The fraction of sp³-hybridized carbons (Fsp3) is 0.375. The molecule has 2 fully saturated rings. The van der Waals surface area contributed by atoms with E-state index in [4.69, 9.17) is 0 Å². The molecule has 1 atom stereocenters. The topological polar surface area (TPSA) is 73.0 Å². The van der Waals surface area contributed by atoms with E-state index in [-0.39, 0.29) is 30.2 Å². The number of benzene rings is 2. The van der Waals surface area contributed by atoms with Crippen LogP contribution in [0.1, 0.15) is 18.9 Å². The first-order valence-corrected chi connectivity index (χ1v) is 10.8. The summed E-state index contributed by atoms with van der Waals surface area (Å²) in [5.74, 6) is -0.337. The van der Waals surface area contributed by atoms with E-state index in [0.717, 1.165) is 17.8 Å². The predicted molar refractivity (Wildman–Crippen MR) is 120 cm³/mol. The molecule has 0 aromatic heterocycles. The number of para-hydroxylation sites is 1. The van der Waals surface area contributed by atoms with Crippen LogP contribution in [0.3, 0.4) is 0 Å². The highest BCUT2D eigenvalue weighted by atomic mass is 16.2. The number of piperazine rings is 1. The quantitative estimate of drug-likeness (QED) is 0.827. The number of rotatable bonds is 4. The van der Waals surface area contributed by atoms with Gasteiger partial charge in [0, 0.05) is 50.5 Å². The Labute approximate surface area is 182 Å². The number of amides is 4. The van der Waals surface area contributed by atoms with Crippen molar-refractivity contribution in [3.63, 3.8) is 0 Å². The van der Waals surface area contributed by atoms with Crippen LogP contribution in [0.25, 0.3) is 0 Å². The van der Waals surface area contributed by atoms with Gasteiger partial charge in [-0.25, -0.2) is 4.79 Å². The van der Waals surface area contributed by atoms with E-state index in [2.05, 4.69) is 12.2 Å². The van der Waals surface area contributed by atoms with Crippen molar-refractivity contribution in [1.82, 2.24) is 9.80 Å². The molecule has 7 heteroatoms. The van der Waals surface area contributed by atoms with Gasteiger partial charge in [0.25, 0.3) is 0 Å². The molecule has 1 N–H and O–H groups in total.